The summed E-state index contributed by atoms with van der Waals surface area (Å²) >= 11 is 0. The van der Waals surface area contributed by atoms with Crippen LogP contribution in [0.2, 0.25) is 0 Å². The molecule has 50 heavy (non-hydrogen) atoms. The quantitative estimate of drug-likeness (QED) is 0.174. The van der Waals surface area contributed by atoms with Crippen molar-refractivity contribution in [3.63, 3.8) is 0 Å². The maximum atomic E-state index is 2.40. The van der Waals surface area contributed by atoms with Crippen LogP contribution in [0.3, 0.4) is 0 Å². The summed E-state index contributed by atoms with van der Waals surface area (Å²) in [5.74, 6) is 0. The zero-order valence-electron chi connectivity index (χ0n) is 32.1. The Morgan fingerprint density at radius 1 is 0.320 bits per heavy atom. The van der Waals surface area contributed by atoms with Crippen molar-refractivity contribution < 1.29 is 0 Å². The van der Waals surface area contributed by atoms with Gasteiger partial charge in [-0.3, -0.25) is 0 Å². The summed E-state index contributed by atoms with van der Waals surface area (Å²) in [5.41, 5.74) is 19.9. The smallest absolute Gasteiger partial charge is 0.00132 e. The average Bonchev–Trinajstić information content (AvgIpc) is 3.70. The van der Waals surface area contributed by atoms with Crippen LogP contribution >= 0.6 is 0 Å². The van der Waals surface area contributed by atoms with Gasteiger partial charge in [-0.15, -0.1) is 0 Å². The Kier molecular flexibility index (Phi) is 11.3. The van der Waals surface area contributed by atoms with E-state index in [1.807, 2.05) is 27.7 Å². The van der Waals surface area contributed by atoms with Crippen molar-refractivity contribution >= 4 is 0 Å². The van der Waals surface area contributed by atoms with Crippen molar-refractivity contribution in [1.29, 1.82) is 0 Å². The van der Waals surface area contributed by atoms with Gasteiger partial charge in [0.25, 0.3) is 0 Å². The summed E-state index contributed by atoms with van der Waals surface area (Å²) in [6.45, 7) is 21.7. The van der Waals surface area contributed by atoms with Gasteiger partial charge in [-0.25, -0.2) is 0 Å². The van der Waals surface area contributed by atoms with E-state index in [2.05, 4.69) is 175 Å². The molecule has 0 unspecified atom stereocenters. The summed E-state index contributed by atoms with van der Waals surface area (Å²) in [6.07, 6.45) is 2.11. The molecule has 2 aliphatic carbocycles. The molecule has 0 heteroatoms. The highest BCUT2D eigenvalue weighted by atomic mass is 14.3. The molecule has 0 spiro atoms. The lowest BCUT2D eigenvalue weighted by Crippen LogP contribution is -2.11. The highest BCUT2D eigenvalue weighted by Crippen LogP contribution is 2.42. The van der Waals surface area contributed by atoms with Crippen LogP contribution in [0.5, 0.6) is 0 Å². The Labute approximate surface area is 303 Å². The van der Waals surface area contributed by atoms with E-state index in [1.165, 1.54) is 77.9 Å². The molecule has 256 valence electrons. The van der Waals surface area contributed by atoms with Crippen molar-refractivity contribution in [1.82, 2.24) is 0 Å². The van der Waals surface area contributed by atoms with Crippen molar-refractivity contribution in [3.8, 4) is 44.5 Å². The maximum absolute atomic E-state index is 2.40. The molecule has 6 aromatic carbocycles. The molecule has 0 nitrogen and oxygen atoms in total. The lowest BCUT2D eigenvalue weighted by molar-refractivity contribution is 0.589. The van der Waals surface area contributed by atoms with Crippen molar-refractivity contribution in [3.05, 3.63) is 167 Å². The number of hydrogen-bond donors (Lipinski definition) is 0. The maximum Gasteiger partial charge on any atom is -0.00132 e. The molecule has 0 radical (unpaired) electrons. The zero-order valence-corrected chi connectivity index (χ0v) is 32.1. The van der Waals surface area contributed by atoms with Gasteiger partial charge in [0.15, 0.2) is 0 Å². The molecule has 2 aliphatic rings. The van der Waals surface area contributed by atoms with E-state index >= 15 is 0 Å². The second-order valence-corrected chi connectivity index (χ2v) is 15.1. The molecule has 0 bridgehead atoms. The SMILES string of the molecule is CC.CC.CC(C)(C)c1ccc2c(c1)-c1ccc(-c3ccccc3)cc1C2.CC(C)(C)c1ccc2c(c1)Cc1ccc(-c3ccccc3)cc1-2. The predicted octanol–water partition coefficient (Wildman–Crippen LogP) is 14.5. The highest BCUT2D eigenvalue weighted by Gasteiger charge is 2.23. The van der Waals surface area contributed by atoms with Gasteiger partial charge < -0.3 is 0 Å². The Morgan fingerprint density at radius 2 is 0.720 bits per heavy atom. The minimum atomic E-state index is 0.196. The molecule has 0 saturated heterocycles. The van der Waals surface area contributed by atoms with E-state index in [9.17, 15) is 0 Å². The fourth-order valence-corrected chi connectivity index (χ4v) is 6.93. The second-order valence-electron chi connectivity index (χ2n) is 15.1. The van der Waals surface area contributed by atoms with E-state index in [4.69, 9.17) is 0 Å². The minimum Gasteiger partial charge on any atom is -0.0683 e. The fraction of sp³-hybridized carbons (Fsp3) is 0.280. The topological polar surface area (TPSA) is 0 Å². The predicted molar refractivity (Wildman–Crippen MR) is 220 cm³/mol. The molecule has 0 aromatic heterocycles. The van der Waals surface area contributed by atoms with Crippen LogP contribution in [0, 0.1) is 0 Å². The van der Waals surface area contributed by atoms with Gasteiger partial charge in [-0.2, -0.15) is 0 Å². The lowest BCUT2D eigenvalue weighted by atomic mass is 9.85. The molecule has 0 amide bonds. The van der Waals surface area contributed by atoms with Crippen LogP contribution in [0.15, 0.2) is 133 Å². The minimum absolute atomic E-state index is 0.196. The normalized spacial score (nSPS) is 12.0. The van der Waals surface area contributed by atoms with Crippen molar-refractivity contribution in [2.24, 2.45) is 0 Å². The molecule has 8 rings (SSSR count). The summed E-state index contributed by atoms with van der Waals surface area (Å²) in [4.78, 5) is 0. The van der Waals surface area contributed by atoms with Crippen LogP contribution < -0.4 is 0 Å². The van der Waals surface area contributed by atoms with Gasteiger partial charge in [0.05, 0.1) is 0 Å². The van der Waals surface area contributed by atoms with E-state index in [0.717, 1.165) is 12.8 Å². The molecule has 0 aliphatic heterocycles. The van der Waals surface area contributed by atoms with E-state index in [0.29, 0.717) is 0 Å². The first kappa shape index (κ1) is 36.6. The van der Waals surface area contributed by atoms with Crippen molar-refractivity contribution in [2.75, 3.05) is 0 Å². The Hall–Kier alpha value is -4.68. The fourth-order valence-electron chi connectivity index (χ4n) is 6.93. The van der Waals surface area contributed by atoms with E-state index in [1.54, 1.807) is 0 Å². The molecule has 0 saturated carbocycles. The largest absolute Gasteiger partial charge is 0.0683 e. The van der Waals surface area contributed by atoms with E-state index < -0.39 is 0 Å². The molecule has 6 aromatic rings. The van der Waals surface area contributed by atoms with Crippen LogP contribution in [-0.4, -0.2) is 0 Å². The first-order valence-corrected chi connectivity index (χ1v) is 18.7. The lowest BCUT2D eigenvalue weighted by Gasteiger charge is -2.20. The van der Waals surface area contributed by atoms with Gasteiger partial charge in [0, 0.05) is 0 Å². The second kappa shape index (κ2) is 15.5. The third kappa shape index (κ3) is 7.87. The van der Waals surface area contributed by atoms with Gasteiger partial charge in [-0.1, -0.05) is 197 Å². The van der Waals surface area contributed by atoms with Gasteiger partial charge in [0.1, 0.15) is 0 Å². The Morgan fingerprint density at radius 3 is 1.26 bits per heavy atom. The molecule has 0 atom stereocenters. The summed E-state index contributed by atoms with van der Waals surface area (Å²) in [6, 6.07) is 49.1. The van der Waals surface area contributed by atoms with Crippen LogP contribution in [-0.2, 0) is 23.7 Å². The zero-order chi connectivity index (χ0) is 36.1. The Bertz CT molecular complexity index is 2030. The van der Waals surface area contributed by atoms with Crippen LogP contribution in [0.25, 0.3) is 44.5 Å². The monoisotopic (exact) mass is 656 g/mol. The Balaban J connectivity index is 0.000000177. The number of rotatable bonds is 2. The summed E-state index contributed by atoms with van der Waals surface area (Å²) in [7, 11) is 0. The summed E-state index contributed by atoms with van der Waals surface area (Å²) < 4.78 is 0. The van der Waals surface area contributed by atoms with E-state index in [-0.39, 0.29) is 10.8 Å². The number of benzene rings is 6. The summed E-state index contributed by atoms with van der Waals surface area (Å²) in [5, 5.41) is 0. The third-order valence-corrected chi connectivity index (χ3v) is 9.72. The molecule has 0 N–H and O–H groups in total. The van der Waals surface area contributed by atoms with Crippen molar-refractivity contribution in [2.45, 2.75) is 92.9 Å². The van der Waals surface area contributed by atoms with Crippen LogP contribution in [0.4, 0.5) is 0 Å². The molecular weight excluding hydrogens is 601 g/mol. The van der Waals surface area contributed by atoms with Gasteiger partial charge >= 0.3 is 0 Å². The standard InChI is InChI=1S/2C23H22.2C2H6/c1-23(2,3)20-11-9-18-14-19-13-17(16-7-5-4-6-8-16)10-12-21(19)22(18)15-20;1-23(2,3)20-11-12-21-19(14-20)13-18-10-9-17(15-22(18)21)16-7-5-4-6-8-16;2*1-2/h4-13,15H,14H2,1-3H3;4-12,14-15H,13H2,1-3H3;2*1-2H3. The van der Waals surface area contributed by atoms with Gasteiger partial charge in [-0.05, 0) is 108 Å². The first-order valence-electron chi connectivity index (χ1n) is 18.7. The first-order chi connectivity index (χ1) is 24.0. The average molecular weight is 657 g/mol. The number of fused-ring (bicyclic) bond motifs is 6. The van der Waals surface area contributed by atoms with Crippen LogP contribution in [0.1, 0.15) is 103 Å². The molecule has 0 fully saturated rings. The molecule has 0 heterocycles. The highest BCUT2D eigenvalue weighted by molar-refractivity contribution is 5.82. The molecular formula is C50H56. The third-order valence-electron chi connectivity index (χ3n) is 9.72. The number of hydrogen-bond acceptors (Lipinski definition) is 0. The van der Waals surface area contributed by atoms with Gasteiger partial charge in [0.2, 0.25) is 0 Å².